The largest absolute Gasteiger partial charge is 0.469 e. The number of carbonyl (C=O) groups excluding carboxylic acids is 1. The number of methoxy groups -OCH3 is 1. The average Bonchev–Trinajstić information content (AvgIpc) is 3.25. The number of rotatable bonds is 7. The molecule has 2 atom stereocenters. The first-order valence-electron chi connectivity index (χ1n) is 6.71. The van der Waals surface area contributed by atoms with Gasteiger partial charge in [0.2, 0.25) is 0 Å². The predicted molar refractivity (Wildman–Crippen MR) is 73.8 cm³/mol. The third-order valence-corrected chi connectivity index (χ3v) is 3.16. The van der Waals surface area contributed by atoms with Crippen LogP contribution in [0.1, 0.15) is 36.8 Å². The predicted octanol–water partition coefficient (Wildman–Crippen LogP) is 1.87. The van der Waals surface area contributed by atoms with Gasteiger partial charge in [-0.2, -0.15) is 0 Å². The van der Waals surface area contributed by atoms with Crippen LogP contribution >= 0.6 is 0 Å². The monoisotopic (exact) mass is 277 g/mol. The second-order valence-corrected chi connectivity index (χ2v) is 4.64. The number of hydrogen-bond acceptors (Lipinski definition) is 5. The number of aromatic nitrogens is 1. The summed E-state index contributed by atoms with van der Waals surface area (Å²) in [4.78, 5) is 15.5. The van der Waals surface area contributed by atoms with Crippen molar-refractivity contribution in [2.45, 2.75) is 31.5 Å². The van der Waals surface area contributed by atoms with E-state index < -0.39 is 0 Å². The number of esters is 1. The van der Waals surface area contributed by atoms with Crippen LogP contribution in [0.3, 0.4) is 0 Å². The summed E-state index contributed by atoms with van der Waals surface area (Å²) in [6.45, 7) is 0.00197. The minimum absolute atomic E-state index is 0.00197. The van der Waals surface area contributed by atoms with Crippen molar-refractivity contribution in [1.82, 2.24) is 4.98 Å². The van der Waals surface area contributed by atoms with E-state index >= 15 is 0 Å². The smallest absolute Gasteiger partial charge is 0.305 e. The van der Waals surface area contributed by atoms with Gasteiger partial charge in [-0.05, 0) is 31.1 Å². The van der Waals surface area contributed by atoms with Crippen molar-refractivity contribution in [1.29, 1.82) is 0 Å². The van der Waals surface area contributed by atoms with E-state index in [1.54, 1.807) is 12.2 Å². The van der Waals surface area contributed by atoms with Crippen molar-refractivity contribution in [2.24, 2.45) is 0 Å². The zero-order chi connectivity index (χ0) is 14.4. The van der Waals surface area contributed by atoms with Crippen LogP contribution in [0, 0.1) is 0 Å². The Morgan fingerprint density at radius 3 is 3.15 bits per heavy atom. The number of carbonyl (C=O) groups is 1. The Kier molecular flexibility index (Phi) is 5.26. The maximum absolute atomic E-state index is 11.0. The van der Waals surface area contributed by atoms with Crippen LogP contribution < -0.4 is 0 Å². The van der Waals surface area contributed by atoms with Crippen molar-refractivity contribution in [3.05, 3.63) is 35.7 Å². The minimum Gasteiger partial charge on any atom is -0.469 e. The number of hydrogen-bond donors (Lipinski definition) is 1. The molecule has 2 heterocycles. The van der Waals surface area contributed by atoms with Crippen LogP contribution in [-0.4, -0.2) is 35.9 Å². The Hall–Kier alpha value is -1.72. The van der Waals surface area contributed by atoms with Gasteiger partial charge in [-0.15, -0.1) is 0 Å². The van der Waals surface area contributed by atoms with Gasteiger partial charge in [0.25, 0.3) is 0 Å². The first kappa shape index (κ1) is 14.7. The quantitative estimate of drug-likeness (QED) is 0.608. The third-order valence-electron chi connectivity index (χ3n) is 3.16. The zero-order valence-electron chi connectivity index (χ0n) is 11.5. The molecule has 0 aromatic carbocycles. The molecule has 20 heavy (non-hydrogen) atoms. The maximum Gasteiger partial charge on any atom is 0.305 e. The maximum atomic E-state index is 11.0. The molecule has 0 saturated carbocycles. The highest BCUT2D eigenvalue weighted by Crippen LogP contribution is 2.40. The van der Waals surface area contributed by atoms with Crippen molar-refractivity contribution in [2.75, 3.05) is 13.7 Å². The molecule has 1 saturated heterocycles. The first-order chi connectivity index (χ1) is 9.74. The fraction of sp³-hybridized carbons (Fsp3) is 0.467. The van der Waals surface area contributed by atoms with Gasteiger partial charge >= 0.3 is 5.97 Å². The molecule has 1 aromatic rings. The normalized spacial score (nSPS) is 21.1. The van der Waals surface area contributed by atoms with Crippen molar-refractivity contribution >= 4 is 12.0 Å². The fourth-order valence-corrected chi connectivity index (χ4v) is 2.07. The van der Waals surface area contributed by atoms with Gasteiger partial charge in [-0.1, -0.05) is 12.1 Å². The molecule has 0 aliphatic carbocycles. The molecule has 1 aliphatic heterocycles. The number of ether oxygens (including phenoxy) is 2. The number of pyridine rings is 1. The molecule has 2 unspecified atom stereocenters. The van der Waals surface area contributed by atoms with E-state index in [9.17, 15) is 4.79 Å². The van der Waals surface area contributed by atoms with Gasteiger partial charge in [-0.25, -0.2) is 0 Å². The molecule has 2 rings (SSSR count). The minimum atomic E-state index is -0.184. The Morgan fingerprint density at radius 2 is 2.40 bits per heavy atom. The standard InChI is InChI=1S/C15H19NO4/c1-19-14(18)9-3-8-13-15(20-13)12-7-2-5-11(16-12)6-4-10-17/h2,4-7,13,15,17H,3,8-10H2,1H3. The topological polar surface area (TPSA) is 72.0 Å². The molecule has 0 amide bonds. The second-order valence-electron chi connectivity index (χ2n) is 4.64. The number of epoxide rings is 1. The highest BCUT2D eigenvalue weighted by molar-refractivity contribution is 5.69. The first-order valence-corrected chi connectivity index (χ1v) is 6.71. The van der Waals surface area contributed by atoms with Gasteiger partial charge in [0.1, 0.15) is 6.10 Å². The van der Waals surface area contributed by atoms with Crippen LogP contribution in [0.25, 0.3) is 6.08 Å². The lowest BCUT2D eigenvalue weighted by Crippen LogP contribution is -2.01. The van der Waals surface area contributed by atoms with E-state index in [-0.39, 0.29) is 24.8 Å². The molecule has 1 fully saturated rings. The van der Waals surface area contributed by atoms with Crippen LogP contribution in [0.5, 0.6) is 0 Å². The average molecular weight is 277 g/mol. The number of nitrogens with zero attached hydrogens (tertiary/aromatic N) is 1. The SMILES string of the molecule is COC(=O)CCCC1OC1c1cccc(C=CCO)n1. The molecule has 5 nitrogen and oxygen atoms in total. The Balaban J connectivity index is 1.82. The summed E-state index contributed by atoms with van der Waals surface area (Å²) >= 11 is 0. The molecule has 0 bridgehead atoms. The van der Waals surface area contributed by atoms with E-state index in [1.807, 2.05) is 18.2 Å². The lowest BCUT2D eigenvalue weighted by atomic mass is 10.1. The molecule has 1 aromatic heterocycles. The molecular formula is C15H19NO4. The third kappa shape index (κ3) is 4.15. The second kappa shape index (κ2) is 7.17. The molecule has 0 spiro atoms. The summed E-state index contributed by atoms with van der Waals surface area (Å²) < 4.78 is 10.2. The number of aliphatic hydroxyl groups excluding tert-OH is 1. The van der Waals surface area contributed by atoms with Crippen LogP contribution in [0.2, 0.25) is 0 Å². The summed E-state index contributed by atoms with van der Waals surface area (Å²) in [5, 5.41) is 8.75. The Labute approximate surface area is 118 Å². The van der Waals surface area contributed by atoms with Gasteiger partial charge in [0.15, 0.2) is 0 Å². The van der Waals surface area contributed by atoms with E-state index in [4.69, 9.17) is 9.84 Å². The zero-order valence-corrected chi connectivity index (χ0v) is 11.5. The van der Waals surface area contributed by atoms with Crippen LogP contribution in [-0.2, 0) is 14.3 Å². The molecular weight excluding hydrogens is 258 g/mol. The van der Waals surface area contributed by atoms with E-state index in [0.29, 0.717) is 6.42 Å². The molecule has 1 N–H and O–H groups in total. The lowest BCUT2D eigenvalue weighted by molar-refractivity contribution is -0.140. The van der Waals surface area contributed by atoms with Crippen molar-refractivity contribution in [3.63, 3.8) is 0 Å². The summed E-state index contributed by atoms with van der Waals surface area (Å²) in [5.41, 5.74) is 1.70. The van der Waals surface area contributed by atoms with Gasteiger partial charge in [0.05, 0.1) is 31.2 Å². The van der Waals surface area contributed by atoms with E-state index in [2.05, 4.69) is 9.72 Å². The summed E-state index contributed by atoms with van der Waals surface area (Å²) in [5.74, 6) is -0.184. The number of aliphatic hydroxyl groups is 1. The van der Waals surface area contributed by atoms with Gasteiger partial charge in [0, 0.05) is 6.42 Å². The van der Waals surface area contributed by atoms with Crippen LogP contribution in [0.15, 0.2) is 24.3 Å². The molecule has 1 aliphatic rings. The highest BCUT2D eigenvalue weighted by atomic mass is 16.6. The van der Waals surface area contributed by atoms with Gasteiger partial charge < -0.3 is 14.6 Å². The Bertz CT molecular complexity index is 487. The van der Waals surface area contributed by atoms with Crippen LogP contribution in [0.4, 0.5) is 0 Å². The van der Waals surface area contributed by atoms with Gasteiger partial charge in [-0.3, -0.25) is 9.78 Å². The summed E-state index contributed by atoms with van der Waals surface area (Å²) in [7, 11) is 1.40. The summed E-state index contributed by atoms with van der Waals surface area (Å²) in [6.07, 6.45) is 5.61. The lowest BCUT2D eigenvalue weighted by Gasteiger charge is -1.99. The Morgan fingerprint density at radius 1 is 1.55 bits per heavy atom. The van der Waals surface area contributed by atoms with E-state index in [1.165, 1.54) is 7.11 Å². The fourth-order valence-electron chi connectivity index (χ4n) is 2.07. The molecule has 108 valence electrons. The van der Waals surface area contributed by atoms with Crippen molar-refractivity contribution < 1.29 is 19.4 Å². The highest BCUT2D eigenvalue weighted by Gasteiger charge is 2.40. The molecule has 0 radical (unpaired) electrons. The van der Waals surface area contributed by atoms with E-state index in [0.717, 1.165) is 24.2 Å². The summed E-state index contributed by atoms with van der Waals surface area (Å²) in [6, 6.07) is 5.73. The molecule has 5 heteroatoms. The van der Waals surface area contributed by atoms with Crippen molar-refractivity contribution in [3.8, 4) is 0 Å².